The smallest absolute Gasteiger partial charge is 0.331 e. The van der Waals surface area contributed by atoms with E-state index in [4.69, 9.17) is 4.74 Å². The lowest BCUT2D eigenvalue weighted by atomic mass is 10.1. The second kappa shape index (κ2) is 7.46. The van der Waals surface area contributed by atoms with Crippen LogP contribution in [0.1, 0.15) is 51.9 Å². The van der Waals surface area contributed by atoms with Gasteiger partial charge < -0.3 is 9.64 Å². The summed E-state index contributed by atoms with van der Waals surface area (Å²) < 4.78 is 5.07. The number of hydrogen-bond acceptors (Lipinski definition) is 3. The van der Waals surface area contributed by atoms with Crippen LogP contribution in [0, 0.1) is 5.92 Å². The standard InChI is InChI=1S/C16H25NO3/c1-13(14-7-8-14)11-16(19)20-12-15(18)17-9-5-3-2-4-6-10-17/h11,14H,2-10,12H2,1H3/b13-11-. The van der Waals surface area contributed by atoms with Gasteiger partial charge in [0.15, 0.2) is 6.61 Å². The summed E-state index contributed by atoms with van der Waals surface area (Å²) in [7, 11) is 0. The number of nitrogens with zero attached hydrogens (tertiary/aromatic N) is 1. The summed E-state index contributed by atoms with van der Waals surface area (Å²) >= 11 is 0. The Morgan fingerprint density at radius 3 is 2.30 bits per heavy atom. The molecule has 2 aliphatic rings. The zero-order chi connectivity index (χ0) is 14.4. The summed E-state index contributed by atoms with van der Waals surface area (Å²) in [5, 5.41) is 0. The highest BCUT2D eigenvalue weighted by atomic mass is 16.5. The van der Waals surface area contributed by atoms with Gasteiger partial charge in [-0.2, -0.15) is 0 Å². The fourth-order valence-corrected chi connectivity index (χ4v) is 2.61. The molecule has 1 saturated carbocycles. The molecule has 0 bridgehead atoms. The van der Waals surface area contributed by atoms with E-state index in [2.05, 4.69) is 0 Å². The van der Waals surface area contributed by atoms with Gasteiger partial charge in [-0.05, 0) is 38.5 Å². The quantitative estimate of drug-likeness (QED) is 0.587. The Kier molecular flexibility index (Phi) is 5.62. The van der Waals surface area contributed by atoms with Crippen molar-refractivity contribution in [2.24, 2.45) is 5.92 Å². The van der Waals surface area contributed by atoms with Gasteiger partial charge in [0.1, 0.15) is 0 Å². The Bertz CT molecular complexity index is 377. The van der Waals surface area contributed by atoms with Gasteiger partial charge in [-0.3, -0.25) is 4.79 Å². The van der Waals surface area contributed by atoms with Crippen LogP contribution in [0.15, 0.2) is 11.6 Å². The lowest BCUT2D eigenvalue weighted by molar-refractivity contribution is -0.148. The molecule has 2 fully saturated rings. The molecule has 0 N–H and O–H groups in total. The van der Waals surface area contributed by atoms with E-state index in [1.807, 2.05) is 11.8 Å². The highest BCUT2D eigenvalue weighted by molar-refractivity contribution is 5.86. The number of carbonyl (C=O) groups excluding carboxylic acids is 2. The summed E-state index contributed by atoms with van der Waals surface area (Å²) in [6.07, 6.45) is 9.63. The van der Waals surface area contributed by atoms with Gasteiger partial charge in [0.25, 0.3) is 5.91 Å². The summed E-state index contributed by atoms with van der Waals surface area (Å²) in [5.74, 6) is 0.125. The molecule has 20 heavy (non-hydrogen) atoms. The van der Waals surface area contributed by atoms with E-state index in [1.54, 1.807) is 6.08 Å². The second-order valence-electron chi connectivity index (χ2n) is 5.92. The van der Waals surface area contributed by atoms with Crippen molar-refractivity contribution in [3.05, 3.63) is 11.6 Å². The topological polar surface area (TPSA) is 46.6 Å². The molecule has 0 atom stereocenters. The summed E-state index contributed by atoms with van der Waals surface area (Å²) in [6, 6.07) is 0. The predicted molar refractivity (Wildman–Crippen MR) is 77.1 cm³/mol. The first-order chi connectivity index (χ1) is 9.66. The predicted octanol–water partition coefficient (Wildman–Crippen LogP) is 2.68. The third-order valence-corrected chi connectivity index (χ3v) is 4.11. The highest BCUT2D eigenvalue weighted by Crippen LogP contribution is 2.35. The molecule has 0 aromatic carbocycles. The molecule has 1 aliphatic heterocycles. The lowest BCUT2D eigenvalue weighted by Gasteiger charge is -2.24. The molecule has 0 aromatic heterocycles. The van der Waals surface area contributed by atoms with E-state index < -0.39 is 0 Å². The first-order valence-electron chi connectivity index (χ1n) is 7.79. The van der Waals surface area contributed by atoms with Crippen molar-refractivity contribution in [1.82, 2.24) is 4.90 Å². The minimum atomic E-state index is -0.380. The second-order valence-corrected chi connectivity index (χ2v) is 5.92. The number of amides is 1. The zero-order valence-corrected chi connectivity index (χ0v) is 12.4. The molecule has 1 heterocycles. The van der Waals surface area contributed by atoms with Gasteiger partial charge in [0.2, 0.25) is 0 Å². The van der Waals surface area contributed by atoms with Crippen LogP contribution in [0.4, 0.5) is 0 Å². The fourth-order valence-electron chi connectivity index (χ4n) is 2.61. The van der Waals surface area contributed by atoms with Crippen molar-refractivity contribution in [3.8, 4) is 0 Å². The van der Waals surface area contributed by atoms with E-state index in [9.17, 15) is 9.59 Å². The normalized spacial score (nSPS) is 21.1. The Balaban J connectivity index is 1.72. The van der Waals surface area contributed by atoms with Gasteiger partial charge in [-0.1, -0.05) is 24.8 Å². The van der Waals surface area contributed by atoms with Crippen molar-refractivity contribution in [1.29, 1.82) is 0 Å². The number of likely N-dealkylation sites (tertiary alicyclic amines) is 1. The van der Waals surface area contributed by atoms with Crippen molar-refractivity contribution >= 4 is 11.9 Å². The van der Waals surface area contributed by atoms with Crippen LogP contribution in [0.3, 0.4) is 0 Å². The first-order valence-corrected chi connectivity index (χ1v) is 7.79. The first kappa shape index (κ1) is 15.1. The third kappa shape index (κ3) is 4.99. The average Bonchev–Trinajstić information content (AvgIpc) is 3.19. The van der Waals surface area contributed by atoms with E-state index in [-0.39, 0.29) is 18.5 Å². The molecule has 0 unspecified atom stereocenters. The van der Waals surface area contributed by atoms with Gasteiger partial charge in [-0.15, -0.1) is 0 Å². The van der Waals surface area contributed by atoms with Gasteiger partial charge in [-0.25, -0.2) is 4.79 Å². The molecule has 112 valence electrons. The van der Waals surface area contributed by atoms with Crippen LogP contribution < -0.4 is 0 Å². The number of ether oxygens (including phenoxy) is 1. The van der Waals surface area contributed by atoms with Crippen LogP contribution in [-0.4, -0.2) is 36.5 Å². The fraction of sp³-hybridized carbons (Fsp3) is 0.750. The largest absolute Gasteiger partial charge is 0.452 e. The van der Waals surface area contributed by atoms with E-state index in [0.29, 0.717) is 5.92 Å². The molecule has 1 amide bonds. The van der Waals surface area contributed by atoms with Gasteiger partial charge in [0, 0.05) is 19.2 Å². The molecular weight excluding hydrogens is 254 g/mol. The summed E-state index contributed by atoms with van der Waals surface area (Å²) in [6.45, 7) is 3.44. The average molecular weight is 279 g/mol. The molecular formula is C16H25NO3. The third-order valence-electron chi connectivity index (χ3n) is 4.11. The molecule has 2 rings (SSSR count). The van der Waals surface area contributed by atoms with Gasteiger partial charge >= 0.3 is 5.97 Å². The minimum absolute atomic E-state index is 0.0577. The molecule has 4 heteroatoms. The number of allylic oxidation sites excluding steroid dienone is 1. The maximum absolute atomic E-state index is 12.0. The lowest BCUT2D eigenvalue weighted by Crippen LogP contribution is -2.36. The molecule has 0 aromatic rings. The van der Waals surface area contributed by atoms with Crippen molar-refractivity contribution in [2.45, 2.75) is 51.9 Å². The molecule has 1 aliphatic carbocycles. The van der Waals surface area contributed by atoms with E-state index in [1.165, 1.54) is 32.1 Å². The number of rotatable bonds is 4. The maximum Gasteiger partial charge on any atom is 0.331 e. The maximum atomic E-state index is 12.0. The Morgan fingerprint density at radius 1 is 1.10 bits per heavy atom. The zero-order valence-electron chi connectivity index (χ0n) is 12.4. The van der Waals surface area contributed by atoms with Gasteiger partial charge in [0.05, 0.1) is 0 Å². The van der Waals surface area contributed by atoms with Crippen LogP contribution in [0.2, 0.25) is 0 Å². The van der Waals surface area contributed by atoms with E-state index >= 15 is 0 Å². The molecule has 0 radical (unpaired) electrons. The summed E-state index contributed by atoms with van der Waals surface area (Å²) in [4.78, 5) is 25.5. The molecule has 1 saturated heterocycles. The van der Waals surface area contributed by atoms with Crippen molar-refractivity contribution in [3.63, 3.8) is 0 Å². The van der Waals surface area contributed by atoms with Crippen LogP contribution in [0.25, 0.3) is 0 Å². The minimum Gasteiger partial charge on any atom is -0.452 e. The van der Waals surface area contributed by atoms with E-state index in [0.717, 1.165) is 31.5 Å². The van der Waals surface area contributed by atoms with Crippen molar-refractivity contribution in [2.75, 3.05) is 19.7 Å². The van der Waals surface area contributed by atoms with Crippen molar-refractivity contribution < 1.29 is 14.3 Å². The van der Waals surface area contributed by atoms with Crippen LogP contribution >= 0.6 is 0 Å². The molecule has 0 spiro atoms. The van der Waals surface area contributed by atoms with Crippen LogP contribution in [-0.2, 0) is 14.3 Å². The number of esters is 1. The van der Waals surface area contributed by atoms with Crippen LogP contribution in [0.5, 0.6) is 0 Å². The monoisotopic (exact) mass is 279 g/mol. The Labute approximate surface area is 121 Å². The molecule has 4 nitrogen and oxygen atoms in total. The summed E-state index contributed by atoms with van der Waals surface area (Å²) in [5.41, 5.74) is 1.08. The number of carbonyl (C=O) groups is 2. The highest BCUT2D eigenvalue weighted by Gasteiger charge is 2.24. The Morgan fingerprint density at radius 2 is 1.70 bits per heavy atom. The SMILES string of the molecule is C/C(=C/C(=O)OCC(=O)N1CCCCCCC1)C1CC1. The Hall–Kier alpha value is -1.32. The number of hydrogen-bond donors (Lipinski definition) is 0.